The fraction of sp³-hybridized carbons (Fsp3) is 0.263. The summed E-state index contributed by atoms with van der Waals surface area (Å²) < 4.78 is 18.6. The lowest BCUT2D eigenvalue weighted by atomic mass is 10.1. The summed E-state index contributed by atoms with van der Waals surface area (Å²) in [5, 5.41) is 5.27. The number of hydrogen-bond acceptors (Lipinski definition) is 3. The number of benzene rings is 2. The van der Waals surface area contributed by atoms with E-state index in [1.807, 2.05) is 13.8 Å². The Morgan fingerprint density at radius 3 is 2.40 bits per heavy atom. The van der Waals surface area contributed by atoms with Gasteiger partial charge in [-0.3, -0.25) is 10.1 Å². The molecule has 0 unspecified atom stereocenters. The molecule has 2 rings (SSSR count). The standard InChI is InChI=1S/C19H21FN2O3/c1-12(2)11-25-19(24)22-16-6-4-5-15(10-16)21-18(23)14-8-7-13(3)17(20)9-14/h4-10,12H,11H2,1-3H3,(H,21,23)(H,22,24). The van der Waals surface area contributed by atoms with Crippen molar-refractivity contribution in [1.29, 1.82) is 0 Å². The molecule has 0 atom stereocenters. The zero-order valence-corrected chi connectivity index (χ0v) is 14.4. The highest BCUT2D eigenvalue weighted by Crippen LogP contribution is 2.17. The summed E-state index contributed by atoms with van der Waals surface area (Å²) in [7, 11) is 0. The SMILES string of the molecule is Cc1ccc(C(=O)Nc2cccc(NC(=O)OCC(C)C)c2)cc1F. The van der Waals surface area contributed by atoms with E-state index in [4.69, 9.17) is 4.74 Å². The summed E-state index contributed by atoms with van der Waals surface area (Å²) in [6.07, 6.45) is -0.558. The van der Waals surface area contributed by atoms with Gasteiger partial charge in [-0.05, 0) is 48.7 Å². The zero-order valence-electron chi connectivity index (χ0n) is 14.4. The number of carbonyl (C=O) groups excluding carboxylic acids is 2. The third-order valence-corrected chi connectivity index (χ3v) is 3.35. The van der Waals surface area contributed by atoms with E-state index in [1.165, 1.54) is 6.07 Å². The summed E-state index contributed by atoms with van der Waals surface area (Å²) >= 11 is 0. The molecule has 132 valence electrons. The largest absolute Gasteiger partial charge is 0.449 e. The Kier molecular flexibility index (Phi) is 6.11. The van der Waals surface area contributed by atoms with Crippen molar-refractivity contribution in [2.75, 3.05) is 17.2 Å². The number of ether oxygens (including phenoxy) is 1. The maximum Gasteiger partial charge on any atom is 0.411 e. The highest BCUT2D eigenvalue weighted by molar-refractivity contribution is 6.04. The summed E-state index contributed by atoms with van der Waals surface area (Å²) in [4.78, 5) is 23.9. The third-order valence-electron chi connectivity index (χ3n) is 3.35. The van der Waals surface area contributed by atoms with Gasteiger partial charge in [0.2, 0.25) is 0 Å². The van der Waals surface area contributed by atoms with E-state index in [2.05, 4.69) is 10.6 Å². The molecule has 2 aromatic rings. The van der Waals surface area contributed by atoms with E-state index >= 15 is 0 Å². The minimum absolute atomic E-state index is 0.220. The van der Waals surface area contributed by atoms with Crippen LogP contribution in [0, 0.1) is 18.7 Å². The van der Waals surface area contributed by atoms with Crippen LogP contribution in [0.4, 0.5) is 20.6 Å². The molecule has 5 nitrogen and oxygen atoms in total. The molecular formula is C19H21FN2O3. The third kappa shape index (κ3) is 5.60. The van der Waals surface area contributed by atoms with Gasteiger partial charge in [-0.15, -0.1) is 0 Å². The lowest BCUT2D eigenvalue weighted by Crippen LogP contribution is -2.17. The van der Waals surface area contributed by atoms with Gasteiger partial charge >= 0.3 is 6.09 Å². The van der Waals surface area contributed by atoms with Gasteiger partial charge in [0.15, 0.2) is 0 Å². The normalized spacial score (nSPS) is 10.4. The van der Waals surface area contributed by atoms with Gasteiger partial charge < -0.3 is 10.1 Å². The van der Waals surface area contributed by atoms with E-state index in [9.17, 15) is 14.0 Å². The van der Waals surface area contributed by atoms with Crippen LogP contribution in [0.2, 0.25) is 0 Å². The number of hydrogen-bond donors (Lipinski definition) is 2. The zero-order chi connectivity index (χ0) is 18.4. The highest BCUT2D eigenvalue weighted by Gasteiger charge is 2.10. The number of nitrogens with one attached hydrogen (secondary N) is 2. The Hall–Kier alpha value is -2.89. The Morgan fingerprint density at radius 1 is 1.08 bits per heavy atom. The van der Waals surface area contributed by atoms with Crippen molar-refractivity contribution >= 4 is 23.4 Å². The average molecular weight is 344 g/mol. The van der Waals surface area contributed by atoms with Crippen LogP contribution >= 0.6 is 0 Å². The van der Waals surface area contributed by atoms with Crippen LogP contribution in [0.3, 0.4) is 0 Å². The van der Waals surface area contributed by atoms with E-state index in [1.54, 1.807) is 43.3 Å². The number of anilines is 2. The predicted octanol–water partition coefficient (Wildman–Crippen LogP) is 4.59. The molecule has 0 bridgehead atoms. The van der Waals surface area contributed by atoms with Crippen LogP contribution in [-0.4, -0.2) is 18.6 Å². The Balaban J connectivity index is 2.02. The van der Waals surface area contributed by atoms with Gasteiger partial charge in [-0.25, -0.2) is 9.18 Å². The Morgan fingerprint density at radius 2 is 1.76 bits per heavy atom. The molecule has 0 aromatic heterocycles. The van der Waals surface area contributed by atoms with Crippen molar-refractivity contribution in [3.8, 4) is 0 Å². The van der Waals surface area contributed by atoms with Gasteiger partial charge in [0.1, 0.15) is 5.82 Å². The molecule has 0 saturated carbocycles. The fourth-order valence-electron chi connectivity index (χ4n) is 2.01. The first-order valence-corrected chi connectivity index (χ1v) is 7.96. The molecular weight excluding hydrogens is 323 g/mol. The minimum atomic E-state index is -0.558. The van der Waals surface area contributed by atoms with E-state index in [-0.39, 0.29) is 11.5 Å². The molecule has 0 fully saturated rings. The van der Waals surface area contributed by atoms with Crippen molar-refractivity contribution < 1.29 is 18.7 Å². The van der Waals surface area contributed by atoms with Crippen LogP contribution in [0.25, 0.3) is 0 Å². The first-order valence-electron chi connectivity index (χ1n) is 7.96. The molecule has 2 N–H and O–H groups in total. The number of amides is 2. The van der Waals surface area contributed by atoms with E-state index < -0.39 is 17.8 Å². The topological polar surface area (TPSA) is 67.4 Å². The number of carbonyl (C=O) groups is 2. The second-order valence-corrected chi connectivity index (χ2v) is 6.12. The lowest BCUT2D eigenvalue weighted by Gasteiger charge is -2.10. The molecule has 2 amide bonds. The monoisotopic (exact) mass is 344 g/mol. The van der Waals surface area contributed by atoms with E-state index in [0.717, 1.165) is 0 Å². The molecule has 0 aliphatic heterocycles. The van der Waals surface area contributed by atoms with Crippen LogP contribution in [0.5, 0.6) is 0 Å². The number of rotatable bonds is 5. The molecule has 0 radical (unpaired) electrons. The van der Waals surface area contributed by atoms with Gasteiger partial charge in [0, 0.05) is 16.9 Å². The molecule has 0 heterocycles. The van der Waals surface area contributed by atoms with Crippen LogP contribution < -0.4 is 10.6 Å². The quantitative estimate of drug-likeness (QED) is 0.833. The Bertz CT molecular complexity index is 775. The van der Waals surface area contributed by atoms with Crippen molar-refractivity contribution in [3.05, 3.63) is 59.4 Å². The molecule has 6 heteroatoms. The van der Waals surface area contributed by atoms with Crippen molar-refractivity contribution in [3.63, 3.8) is 0 Å². The number of aryl methyl sites for hydroxylation is 1. The maximum absolute atomic E-state index is 13.6. The minimum Gasteiger partial charge on any atom is -0.449 e. The molecule has 25 heavy (non-hydrogen) atoms. The first-order chi connectivity index (χ1) is 11.8. The van der Waals surface area contributed by atoms with E-state index in [0.29, 0.717) is 23.5 Å². The molecule has 0 aliphatic rings. The molecule has 0 aliphatic carbocycles. The summed E-state index contributed by atoms with van der Waals surface area (Å²) in [6.45, 7) is 5.83. The summed E-state index contributed by atoms with van der Waals surface area (Å²) in [5.41, 5.74) is 1.66. The van der Waals surface area contributed by atoms with Gasteiger partial charge in [-0.2, -0.15) is 0 Å². The second-order valence-electron chi connectivity index (χ2n) is 6.12. The highest BCUT2D eigenvalue weighted by atomic mass is 19.1. The lowest BCUT2D eigenvalue weighted by molar-refractivity contribution is 0.102. The first kappa shape index (κ1) is 18.4. The maximum atomic E-state index is 13.6. The van der Waals surface area contributed by atoms with Crippen molar-refractivity contribution in [2.24, 2.45) is 5.92 Å². The summed E-state index contributed by atoms with van der Waals surface area (Å²) in [5.74, 6) is -0.624. The molecule has 0 spiro atoms. The van der Waals surface area contributed by atoms with Gasteiger partial charge in [-0.1, -0.05) is 26.0 Å². The van der Waals surface area contributed by atoms with Crippen molar-refractivity contribution in [2.45, 2.75) is 20.8 Å². The molecule has 0 saturated heterocycles. The molecule has 2 aromatic carbocycles. The smallest absolute Gasteiger partial charge is 0.411 e. The fourth-order valence-corrected chi connectivity index (χ4v) is 2.01. The van der Waals surface area contributed by atoms with Crippen LogP contribution in [0.15, 0.2) is 42.5 Å². The van der Waals surface area contributed by atoms with Crippen LogP contribution in [0.1, 0.15) is 29.8 Å². The summed E-state index contributed by atoms with van der Waals surface area (Å²) in [6, 6.07) is 10.9. The average Bonchev–Trinajstić information content (AvgIpc) is 2.55. The Labute approximate surface area is 146 Å². The second kappa shape index (κ2) is 8.28. The van der Waals surface area contributed by atoms with Crippen molar-refractivity contribution in [1.82, 2.24) is 0 Å². The number of halogens is 1. The predicted molar refractivity (Wildman–Crippen MR) is 95.3 cm³/mol. The van der Waals surface area contributed by atoms with Gasteiger partial charge in [0.05, 0.1) is 6.61 Å². The van der Waals surface area contributed by atoms with Crippen LogP contribution in [-0.2, 0) is 4.74 Å². The van der Waals surface area contributed by atoms with Gasteiger partial charge in [0.25, 0.3) is 5.91 Å².